The molecule has 0 aliphatic heterocycles. The molecule has 2 amide bonds. The SMILES string of the molecule is NC(=O)c1ccc(C(=O)OCC(=O)Nc2ccccc2Br)cc1. The number of amides is 2. The second-order valence-corrected chi connectivity index (χ2v) is 5.40. The number of para-hydroxylation sites is 1. The molecule has 2 aromatic rings. The van der Waals surface area contributed by atoms with Crippen molar-refractivity contribution < 1.29 is 19.1 Å². The van der Waals surface area contributed by atoms with Crippen molar-refractivity contribution in [3.63, 3.8) is 0 Å². The molecule has 0 bridgehead atoms. The van der Waals surface area contributed by atoms with Gasteiger partial charge in [-0.2, -0.15) is 0 Å². The van der Waals surface area contributed by atoms with Gasteiger partial charge in [-0.3, -0.25) is 9.59 Å². The van der Waals surface area contributed by atoms with Crippen LogP contribution < -0.4 is 11.1 Å². The normalized spacial score (nSPS) is 9.96. The zero-order valence-electron chi connectivity index (χ0n) is 11.9. The van der Waals surface area contributed by atoms with Crippen molar-refractivity contribution in [3.8, 4) is 0 Å². The molecule has 0 unspecified atom stereocenters. The van der Waals surface area contributed by atoms with E-state index < -0.39 is 24.4 Å². The van der Waals surface area contributed by atoms with E-state index in [0.717, 1.165) is 4.47 Å². The van der Waals surface area contributed by atoms with Crippen LogP contribution in [0.2, 0.25) is 0 Å². The maximum Gasteiger partial charge on any atom is 0.338 e. The molecular weight excluding hydrogens is 364 g/mol. The smallest absolute Gasteiger partial charge is 0.338 e. The van der Waals surface area contributed by atoms with Crippen LogP contribution in [0.15, 0.2) is 53.0 Å². The lowest BCUT2D eigenvalue weighted by molar-refractivity contribution is -0.119. The van der Waals surface area contributed by atoms with Gasteiger partial charge >= 0.3 is 5.97 Å². The summed E-state index contributed by atoms with van der Waals surface area (Å²) in [6, 6.07) is 12.7. The fraction of sp³-hybridized carbons (Fsp3) is 0.0625. The summed E-state index contributed by atoms with van der Waals surface area (Å²) >= 11 is 3.30. The molecule has 2 aromatic carbocycles. The van der Waals surface area contributed by atoms with E-state index in [0.29, 0.717) is 5.69 Å². The maximum absolute atomic E-state index is 11.8. The molecule has 0 atom stereocenters. The van der Waals surface area contributed by atoms with Crippen molar-refractivity contribution in [1.29, 1.82) is 0 Å². The minimum atomic E-state index is -0.664. The summed E-state index contributed by atoms with van der Waals surface area (Å²) in [5, 5.41) is 2.62. The molecule has 0 aliphatic carbocycles. The van der Waals surface area contributed by atoms with E-state index in [1.54, 1.807) is 18.2 Å². The van der Waals surface area contributed by atoms with E-state index in [2.05, 4.69) is 21.2 Å². The highest BCUT2D eigenvalue weighted by molar-refractivity contribution is 9.10. The molecule has 6 nitrogen and oxygen atoms in total. The van der Waals surface area contributed by atoms with Crippen LogP contribution in [0.25, 0.3) is 0 Å². The fourth-order valence-electron chi connectivity index (χ4n) is 1.73. The Balaban J connectivity index is 1.90. The third-order valence-electron chi connectivity index (χ3n) is 2.89. The first-order chi connectivity index (χ1) is 11.0. The average Bonchev–Trinajstić information content (AvgIpc) is 2.55. The van der Waals surface area contributed by atoms with Gasteiger partial charge in [-0.05, 0) is 52.3 Å². The van der Waals surface area contributed by atoms with E-state index in [1.807, 2.05) is 6.07 Å². The van der Waals surface area contributed by atoms with E-state index >= 15 is 0 Å². The van der Waals surface area contributed by atoms with Crippen molar-refractivity contribution in [2.45, 2.75) is 0 Å². The number of nitrogens with one attached hydrogen (secondary N) is 1. The minimum absolute atomic E-state index is 0.226. The Bertz CT molecular complexity index is 744. The Hall–Kier alpha value is -2.67. The number of hydrogen-bond acceptors (Lipinski definition) is 4. The fourth-order valence-corrected chi connectivity index (χ4v) is 2.12. The van der Waals surface area contributed by atoms with E-state index in [9.17, 15) is 14.4 Å². The van der Waals surface area contributed by atoms with Gasteiger partial charge in [0, 0.05) is 10.0 Å². The highest BCUT2D eigenvalue weighted by Gasteiger charge is 2.12. The monoisotopic (exact) mass is 376 g/mol. The number of benzene rings is 2. The van der Waals surface area contributed by atoms with Gasteiger partial charge in [-0.15, -0.1) is 0 Å². The summed E-state index contributed by atoms with van der Waals surface area (Å²) in [6.07, 6.45) is 0. The molecule has 0 spiro atoms. The van der Waals surface area contributed by atoms with Gasteiger partial charge < -0.3 is 15.8 Å². The van der Waals surface area contributed by atoms with Crippen LogP contribution >= 0.6 is 15.9 Å². The van der Waals surface area contributed by atoms with Crippen LogP contribution in [0.5, 0.6) is 0 Å². The Morgan fingerprint density at radius 2 is 1.61 bits per heavy atom. The zero-order chi connectivity index (χ0) is 16.8. The molecule has 0 saturated heterocycles. The van der Waals surface area contributed by atoms with Crippen LogP contribution in [-0.2, 0) is 9.53 Å². The van der Waals surface area contributed by atoms with Crippen molar-refractivity contribution in [2.75, 3.05) is 11.9 Å². The lowest BCUT2D eigenvalue weighted by Crippen LogP contribution is -2.21. The van der Waals surface area contributed by atoms with Gasteiger partial charge in [0.2, 0.25) is 5.91 Å². The van der Waals surface area contributed by atoms with Crippen LogP contribution in [0, 0.1) is 0 Å². The van der Waals surface area contributed by atoms with Crippen molar-refractivity contribution >= 4 is 39.4 Å². The second-order valence-electron chi connectivity index (χ2n) is 4.55. The number of ether oxygens (including phenoxy) is 1. The topological polar surface area (TPSA) is 98.5 Å². The molecule has 7 heteroatoms. The van der Waals surface area contributed by atoms with E-state index in [4.69, 9.17) is 10.5 Å². The van der Waals surface area contributed by atoms with E-state index in [1.165, 1.54) is 24.3 Å². The molecule has 0 heterocycles. The summed E-state index contributed by atoms with van der Waals surface area (Å²) in [5.74, 6) is -1.71. The standard InChI is InChI=1S/C16H13BrN2O4/c17-12-3-1-2-4-13(12)19-14(20)9-23-16(22)11-7-5-10(6-8-11)15(18)21/h1-8H,9H2,(H2,18,21)(H,19,20). The predicted octanol–water partition coefficient (Wildman–Crippen LogP) is 2.34. The van der Waals surface area contributed by atoms with Gasteiger partial charge in [0.25, 0.3) is 5.91 Å². The lowest BCUT2D eigenvalue weighted by Gasteiger charge is -2.08. The molecule has 0 fully saturated rings. The number of rotatable bonds is 5. The van der Waals surface area contributed by atoms with Gasteiger partial charge in [-0.1, -0.05) is 12.1 Å². The average molecular weight is 377 g/mol. The van der Waals surface area contributed by atoms with Crippen LogP contribution in [0.3, 0.4) is 0 Å². The number of primary amides is 1. The van der Waals surface area contributed by atoms with Crippen LogP contribution in [0.4, 0.5) is 5.69 Å². The Labute approximate surface area is 140 Å². The molecule has 0 radical (unpaired) electrons. The van der Waals surface area contributed by atoms with Gasteiger partial charge in [0.15, 0.2) is 6.61 Å². The number of carbonyl (C=O) groups excluding carboxylic acids is 3. The first-order valence-electron chi connectivity index (χ1n) is 6.59. The first-order valence-corrected chi connectivity index (χ1v) is 7.38. The lowest BCUT2D eigenvalue weighted by atomic mass is 10.1. The third kappa shape index (κ3) is 4.65. The number of esters is 1. The number of halogens is 1. The highest BCUT2D eigenvalue weighted by atomic mass is 79.9. The summed E-state index contributed by atoms with van der Waals surface area (Å²) < 4.78 is 5.64. The summed E-state index contributed by atoms with van der Waals surface area (Å²) in [7, 11) is 0. The van der Waals surface area contributed by atoms with Crippen LogP contribution in [-0.4, -0.2) is 24.4 Å². The predicted molar refractivity (Wildman–Crippen MR) is 88.0 cm³/mol. The molecule has 0 saturated carbocycles. The van der Waals surface area contributed by atoms with Crippen molar-refractivity contribution in [1.82, 2.24) is 0 Å². The van der Waals surface area contributed by atoms with Gasteiger partial charge in [0.1, 0.15) is 0 Å². The third-order valence-corrected chi connectivity index (χ3v) is 3.58. The maximum atomic E-state index is 11.8. The molecule has 0 aromatic heterocycles. The van der Waals surface area contributed by atoms with Crippen LogP contribution in [0.1, 0.15) is 20.7 Å². The Morgan fingerprint density at radius 3 is 2.22 bits per heavy atom. The zero-order valence-corrected chi connectivity index (χ0v) is 13.5. The molecular formula is C16H13BrN2O4. The number of anilines is 1. The largest absolute Gasteiger partial charge is 0.452 e. The highest BCUT2D eigenvalue weighted by Crippen LogP contribution is 2.20. The Morgan fingerprint density at radius 1 is 1.00 bits per heavy atom. The molecule has 0 aliphatic rings. The Kier molecular flexibility index (Phi) is 5.48. The molecule has 2 rings (SSSR count). The van der Waals surface area contributed by atoms with Gasteiger partial charge in [-0.25, -0.2) is 4.79 Å². The summed E-state index contributed by atoms with van der Waals surface area (Å²) in [6.45, 7) is -0.419. The summed E-state index contributed by atoms with van der Waals surface area (Å²) in [5.41, 5.74) is 6.21. The first kappa shape index (κ1) is 16.7. The number of carbonyl (C=O) groups is 3. The number of hydrogen-bond donors (Lipinski definition) is 2. The van der Waals surface area contributed by atoms with Gasteiger partial charge in [0.05, 0.1) is 11.3 Å². The minimum Gasteiger partial charge on any atom is -0.452 e. The molecule has 23 heavy (non-hydrogen) atoms. The second kappa shape index (κ2) is 7.55. The van der Waals surface area contributed by atoms with Crippen molar-refractivity contribution in [3.05, 3.63) is 64.1 Å². The molecule has 118 valence electrons. The molecule has 3 N–H and O–H groups in total. The quantitative estimate of drug-likeness (QED) is 0.782. The summed E-state index contributed by atoms with van der Waals surface area (Å²) in [4.78, 5) is 34.5. The van der Waals surface area contributed by atoms with Crippen molar-refractivity contribution in [2.24, 2.45) is 5.73 Å². The van der Waals surface area contributed by atoms with E-state index in [-0.39, 0.29) is 11.1 Å². The number of nitrogens with two attached hydrogens (primary N) is 1.